The van der Waals surface area contributed by atoms with Crippen LogP contribution in [0.15, 0.2) is 30.3 Å². The zero-order valence-electron chi connectivity index (χ0n) is 13.4. The number of hydrogen-bond donors (Lipinski definition) is 0. The molecule has 120 valence electrons. The first kappa shape index (κ1) is 16.3. The molecule has 0 aliphatic heterocycles. The lowest BCUT2D eigenvalue weighted by Gasteiger charge is -2.29. The fourth-order valence-corrected chi connectivity index (χ4v) is 2.24. The molecule has 0 saturated heterocycles. The molecule has 1 aromatic carbocycles. The second-order valence-electron chi connectivity index (χ2n) is 6.18. The molecule has 0 spiro atoms. The van der Waals surface area contributed by atoms with E-state index in [4.69, 9.17) is 9.47 Å². The normalized spacial score (nSPS) is 16.5. The van der Waals surface area contributed by atoms with Gasteiger partial charge in [0.2, 0.25) is 0 Å². The van der Waals surface area contributed by atoms with Crippen LogP contribution in [0.5, 0.6) is 0 Å². The van der Waals surface area contributed by atoms with Crippen LogP contribution in [-0.2, 0) is 20.9 Å². The number of rotatable bonds is 6. The van der Waals surface area contributed by atoms with Crippen LogP contribution >= 0.6 is 0 Å². The maximum Gasteiger partial charge on any atom is 0.410 e. The van der Waals surface area contributed by atoms with E-state index in [1.54, 1.807) is 6.92 Å². The van der Waals surface area contributed by atoms with Crippen molar-refractivity contribution in [3.05, 3.63) is 35.9 Å². The van der Waals surface area contributed by atoms with Crippen LogP contribution in [0, 0.1) is 5.41 Å². The van der Waals surface area contributed by atoms with Crippen molar-refractivity contribution in [2.45, 2.75) is 39.3 Å². The van der Waals surface area contributed by atoms with Gasteiger partial charge in [0.15, 0.2) is 0 Å². The lowest BCUT2D eigenvalue weighted by molar-refractivity contribution is -0.146. The first-order valence-corrected chi connectivity index (χ1v) is 7.50. The number of nitrogens with zero attached hydrogens (tertiary/aromatic N) is 1. The summed E-state index contributed by atoms with van der Waals surface area (Å²) < 4.78 is 10.1. The maximum absolute atomic E-state index is 12.4. The van der Waals surface area contributed by atoms with E-state index in [1.807, 2.05) is 30.3 Å². The van der Waals surface area contributed by atoms with E-state index >= 15 is 0 Å². The van der Waals surface area contributed by atoms with E-state index in [0.29, 0.717) is 6.54 Å². The third-order valence-corrected chi connectivity index (χ3v) is 4.11. The SMILES string of the molecule is COC(=O)[C@H](C)N(CC1(C)CC1)C(=O)OCc1ccccc1. The number of esters is 1. The summed E-state index contributed by atoms with van der Waals surface area (Å²) in [6.45, 7) is 4.48. The van der Waals surface area contributed by atoms with Gasteiger partial charge in [0.25, 0.3) is 0 Å². The van der Waals surface area contributed by atoms with E-state index in [0.717, 1.165) is 18.4 Å². The molecule has 0 bridgehead atoms. The molecule has 5 nitrogen and oxygen atoms in total. The fourth-order valence-electron chi connectivity index (χ4n) is 2.24. The van der Waals surface area contributed by atoms with Crippen LogP contribution in [0.4, 0.5) is 4.79 Å². The molecule has 5 heteroatoms. The lowest BCUT2D eigenvalue weighted by Crippen LogP contribution is -2.46. The molecular formula is C17H23NO4. The van der Waals surface area contributed by atoms with Crippen LogP contribution in [0.25, 0.3) is 0 Å². The zero-order chi connectivity index (χ0) is 16.2. The molecule has 0 heterocycles. The predicted molar refractivity (Wildman–Crippen MR) is 82.2 cm³/mol. The highest BCUT2D eigenvalue weighted by Crippen LogP contribution is 2.45. The molecule has 1 aromatic rings. The maximum atomic E-state index is 12.4. The predicted octanol–water partition coefficient (Wildman–Crippen LogP) is 2.99. The Labute approximate surface area is 131 Å². The molecule has 1 aliphatic rings. The molecular weight excluding hydrogens is 282 g/mol. The van der Waals surface area contributed by atoms with Gasteiger partial charge < -0.3 is 9.47 Å². The largest absolute Gasteiger partial charge is 0.467 e. The molecule has 1 fully saturated rings. The third kappa shape index (κ3) is 4.23. The van der Waals surface area contributed by atoms with Gasteiger partial charge in [0.1, 0.15) is 12.6 Å². The first-order chi connectivity index (χ1) is 10.4. The molecule has 1 saturated carbocycles. The van der Waals surface area contributed by atoms with Gasteiger partial charge in [-0.25, -0.2) is 9.59 Å². The Balaban J connectivity index is 2.00. The summed E-state index contributed by atoms with van der Waals surface area (Å²) in [6.07, 6.45) is 1.64. The molecule has 0 unspecified atom stereocenters. The van der Waals surface area contributed by atoms with Gasteiger partial charge >= 0.3 is 12.1 Å². The van der Waals surface area contributed by atoms with Gasteiger partial charge in [-0.1, -0.05) is 37.3 Å². The summed E-state index contributed by atoms with van der Waals surface area (Å²) in [7, 11) is 1.32. The first-order valence-electron chi connectivity index (χ1n) is 7.50. The summed E-state index contributed by atoms with van der Waals surface area (Å²) in [6, 6.07) is 8.83. The quantitative estimate of drug-likeness (QED) is 0.758. The molecule has 0 aromatic heterocycles. The number of amides is 1. The summed E-state index contributed by atoms with van der Waals surface area (Å²) in [5.74, 6) is -0.430. The summed E-state index contributed by atoms with van der Waals surface area (Å²) in [5, 5.41) is 0. The Hall–Kier alpha value is -2.04. The molecule has 0 N–H and O–H groups in total. The van der Waals surface area contributed by atoms with Crippen molar-refractivity contribution in [1.82, 2.24) is 4.90 Å². The van der Waals surface area contributed by atoms with Gasteiger partial charge in [-0.3, -0.25) is 4.90 Å². The minimum Gasteiger partial charge on any atom is -0.467 e. The summed E-state index contributed by atoms with van der Waals surface area (Å²) >= 11 is 0. The standard InChI is InChI=1S/C17H23NO4/c1-13(15(19)21-3)18(12-17(2)9-10-17)16(20)22-11-14-7-5-4-6-8-14/h4-8,13H,9-12H2,1-3H3/t13-/m0/s1. The molecule has 0 radical (unpaired) electrons. The number of hydrogen-bond acceptors (Lipinski definition) is 4. The van der Waals surface area contributed by atoms with Crippen LogP contribution < -0.4 is 0 Å². The number of carbonyl (C=O) groups is 2. The summed E-state index contributed by atoms with van der Waals surface area (Å²) in [4.78, 5) is 25.6. The lowest BCUT2D eigenvalue weighted by atomic mass is 10.1. The zero-order valence-corrected chi connectivity index (χ0v) is 13.4. The Morgan fingerprint density at radius 2 is 1.91 bits per heavy atom. The van der Waals surface area contributed by atoms with E-state index < -0.39 is 18.1 Å². The Kier molecular flexibility index (Phi) is 5.06. The Morgan fingerprint density at radius 3 is 2.45 bits per heavy atom. The molecule has 1 aliphatic carbocycles. The molecule has 2 rings (SSSR count). The van der Waals surface area contributed by atoms with Crippen molar-refractivity contribution in [2.24, 2.45) is 5.41 Å². The van der Waals surface area contributed by atoms with Crippen molar-refractivity contribution < 1.29 is 19.1 Å². The third-order valence-electron chi connectivity index (χ3n) is 4.11. The van der Waals surface area contributed by atoms with Gasteiger partial charge in [-0.05, 0) is 30.7 Å². The number of ether oxygens (including phenoxy) is 2. The second kappa shape index (κ2) is 6.81. The van der Waals surface area contributed by atoms with Gasteiger partial charge in [0.05, 0.1) is 7.11 Å². The van der Waals surface area contributed by atoms with Crippen LogP contribution in [0.3, 0.4) is 0 Å². The highest BCUT2D eigenvalue weighted by Gasteiger charge is 2.42. The number of carbonyl (C=O) groups excluding carboxylic acids is 2. The smallest absolute Gasteiger partial charge is 0.410 e. The van der Waals surface area contributed by atoms with Gasteiger partial charge in [0, 0.05) is 6.54 Å². The Bertz CT molecular complexity index is 525. The minimum atomic E-state index is -0.648. The van der Waals surface area contributed by atoms with Crippen molar-refractivity contribution >= 4 is 12.1 Å². The molecule has 22 heavy (non-hydrogen) atoms. The van der Waals surface area contributed by atoms with Crippen LogP contribution in [0.2, 0.25) is 0 Å². The van der Waals surface area contributed by atoms with Crippen LogP contribution in [0.1, 0.15) is 32.3 Å². The topological polar surface area (TPSA) is 55.8 Å². The summed E-state index contributed by atoms with van der Waals surface area (Å²) in [5.41, 5.74) is 1.01. The average Bonchev–Trinajstić information content (AvgIpc) is 3.27. The monoisotopic (exact) mass is 305 g/mol. The van der Waals surface area contributed by atoms with E-state index in [9.17, 15) is 9.59 Å². The second-order valence-corrected chi connectivity index (χ2v) is 6.18. The fraction of sp³-hybridized carbons (Fsp3) is 0.529. The highest BCUT2D eigenvalue weighted by atomic mass is 16.6. The Morgan fingerprint density at radius 1 is 1.27 bits per heavy atom. The van der Waals surface area contributed by atoms with Crippen molar-refractivity contribution in [3.8, 4) is 0 Å². The van der Waals surface area contributed by atoms with Gasteiger partial charge in [-0.2, -0.15) is 0 Å². The average molecular weight is 305 g/mol. The number of benzene rings is 1. The van der Waals surface area contributed by atoms with Crippen LogP contribution in [-0.4, -0.2) is 36.7 Å². The van der Waals surface area contributed by atoms with Crippen molar-refractivity contribution in [2.75, 3.05) is 13.7 Å². The van der Waals surface area contributed by atoms with E-state index in [1.165, 1.54) is 12.0 Å². The minimum absolute atomic E-state index is 0.0913. The van der Waals surface area contributed by atoms with Gasteiger partial charge in [-0.15, -0.1) is 0 Å². The molecule has 1 atom stereocenters. The van der Waals surface area contributed by atoms with Crippen molar-refractivity contribution in [1.29, 1.82) is 0 Å². The number of methoxy groups -OCH3 is 1. The van der Waals surface area contributed by atoms with Crippen molar-refractivity contribution in [3.63, 3.8) is 0 Å². The highest BCUT2D eigenvalue weighted by molar-refractivity contribution is 5.81. The molecule has 1 amide bonds. The van der Waals surface area contributed by atoms with E-state index in [-0.39, 0.29) is 12.0 Å². The van der Waals surface area contributed by atoms with E-state index in [2.05, 4.69) is 6.92 Å².